The highest BCUT2D eigenvalue weighted by atomic mass is 16.5. The van der Waals surface area contributed by atoms with Crippen molar-refractivity contribution in [1.29, 1.82) is 0 Å². The molecule has 1 amide bonds. The summed E-state index contributed by atoms with van der Waals surface area (Å²) in [6, 6.07) is 17.6. The van der Waals surface area contributed by atoms with E-state index >= 15 is 0 Å². The standard InChI is InChI=1S/C28H31N3O2/c1-18-22(25-11-4-7-19-6-3-10-24(19)25)8-5-9-23(18)26-14-12-20(28(31-26)33-2)16-29-17-21-13-15-27(32)30-21/h4-5,7-9,11-12,14,21,29H,3,6,10,13,15-17H2,1-2H3,(H,30,32)/t21-/m0/s1. The number of hydrogen-bond acceptors (Lipinski definition) is 4. The minimum Gasteiger partial charge on any atom is -0.481 e. The second kappa shape index (κ2) is 9.36. The molecule has 2 N–H and O–H groups in total. The van der Waals surface area contributed by atoms with Gasteiger partial charge >= 0.3 is 0 Å². The Kier molecular flexibility index (Phi) is 6.14. The quantitative estimate of drug-likeness (QED) is 0.563. The van der Waals surface area contributed by atoms with Crippen molar-refractivity contribution in [3.63, 3.8) is 0 Å². The van der Waals surface area contributed by atoms with Gasteiger partial charge in [-0.15, -0.1) is 0 Å². The molecule has 1 aliphatic carbocycles. The van der Waals surface area contributed by atoms with Gasteiger partial charge in [0.25, 0.3) is 0 Å². The monoisotopic (exact) mass is 441 g/mol. The number of methoxy groups -OCH3 is 1. The molecular weight excluding hydrogens is 410 g/mol. The van der Waals surface area contributed by atoms with Crippen molar-refractivity contribution in [2.24, 2.45) is 0 Å². The maximum atomic E-state index is 11.4. The van der Waals surface area contributed by atoms with E-state index in [2.05, 4.69) is 66.1 Å². The van der Waals surface area contributed by atoms with E-state index in [0.717, 1.165) is 36.2 Å². The molecule has 170 valence electrons. The van der Waals surface area contributed by atoms with E-state index in [-0.39, 0.29) is 11.9 Å². The van der Waals surface area contributed by atoms with E-state index in [9.17, 15) is 4.79 Å². The molecule has 1 aromatic heterocycles. The molecule has 2 heterocycles. The lowest BCUT2D eigenvalue weighted by atomic mass is 9.90. The number of amides is 1. The Hall–Kier alpha value is -3.18. The van der Waals surface area contributed by atoms with Gasteiger partial charge in [0, 0.05) is 36.7 Å². The summed E-state index contributed by atoms with van der Waals surface area (Å²) in [7, 11) is 1.67. The molecule has 0 saturated carbocycles. The average molecular weight is 442 g/mol. The van der Waals surface area contributed by atoms with Gasteiger partial charge in [0.1, 0.15) is 0 Å². The second-order valence-electron chi connectivity index (χ2n) is 9.07. The van der Waals surface area contributed by atoms with Gasteiger partial charge in [-0.2, -0.15) is 0 Å². The molecule has 2 aliphatic rings. The van der Waals surface area contributed by atoms with Gasteiger partial charge in [-0.25, -0.2) is 4.98 Å². The molecule has 0 spiro atoms. The molecule has 33 heavy (non-hydrogen) atoms. The molecule has 1 aliphatic heterocycles. The Morgan fingerprint density at radius 2 is 1.85 bits per heavy atom. The number of ether oxygens (including phenoxy) is 1. The number of benzene rings is 2. The number of fused-ring (bicyclic) bond motifs is 1. The molecule has 0 bridgehead atoms. The number of hydrogen-bond donors (Lipinski definition) is 2. The first-order valence-corrected chi connectivity index (χ1v) is 11.9. The maximum absolute atomic E-state index is 11.4. The lowest BCUT2D eigenvalue weighted by molar-refractivity contribution is -0.119. The van der Waals surface area contributed by atoms with Crippen molar-refractivity contribution < 1.29 is 9.53 Å². The van der Waals surface area contributed by atoms with Crippen molar-refractivity contribution in [3.8, 4) is 28.3 Å². The predicted octanol–water partition coefficient (Wildman–Crippen LogP) is 4.59. The first-order valence-electron chi connectivity index (χ1n) is 11.9. The van der Waals surface area contributed by atoms with Crippen LogP contribution >= 0.6 is 0 Å². The lowest BCUT2D eigenvalue weighted by Crippen LogP contribution is -2.35. The highest BCUT2D eigenvalue weighted by Crippen LogP contribution is 2.37. The van der Waals surface area contributed by atoms with Crippen LogP contribution in [0.4, 0.5) is 0 Å². The van der Waals surface area contributed by atoms with Gasteiger partial charge in [0.05, 0.1) is 12.8 Å². The van der Waals surface area contributed by atoms with Crippen LogP contribution in [0.25, 0.3) is 22.4 Å². The Balaban J connectivity index is 1.39. The van der Waals surface area contributed by atoms with E-state index in [1.54, 1.807) is 7.11 Å². The van der Waals surface area contributed by atoms with Crippen molar-refractivity contribution in [3.05, 3.63) is 70.8 Å². The molecule has 5 rings (SSSR count). The highest BCUT2D eigenvalue weighted by Gasteiger charge is 2.21. The zero-order valence-corrected chi connectivity index (χ0v) is 19.4. The summed E-state index contributed by atoms with van der Waals surface area (Å²) in [6.07, 6.45) is 5.10. The summed E-state index contributed by atoms with van der Waals surface area (Å²) >= 11 is 0. The third-order valence-corrected chi connectivity index (χ3v) is 6.97. The van der Waals surface area contributed by atoms with Crippen LogP contribution in [0.2, 0.25) is 0 Å². The number of carbonyl (C=O) groups excluding carboxylic acids is 1. The van der Waals surface area contributed by atoms with E-state index in [0.29, 0.717) is 18.8 Å². The van der Waals surface area contributed by atoms with Crippen LogP contribution in [0.5, 0.6) is 5.88 Å². The first-order chi connectivity index (χ1) is 16.1. The molecule has 1 fully saturated rings. The minimum absolute atomic E-state index is 0.142. The third kappa shape index (κ3) is 4.38. The zero-order valence-electron chi connectivity index (χ0n) is 19.4. The Morgan fingerprint density at radius 3 is 2.67 bits per heavy atom. The normalized spacial score (nSPS) is 17.2. The molecule has 1 atom stereocenters. The number of nitrogens with zero attached hydrogens (tertiary/aromatic N) is 1. The van der Waals surface area contributed by atoms with Crippen LogP contribution in [0.1, 0.15) is 41.5 Å². The van der Waals surface area contributed by atoms with Gasteiger partial charge < -0.3 is 15.4 Å². The predicted molar refractivity (Wildman–Crippen MR) is 131 cm³/mol. The highest BCUT2D eigenvalue weighted by molar-refractivity contribution is 5.80. The minimum atomic E-state index is 0.142. The van der Waals surface area contributed by atoms with Gasteiger partial charge in [0.15, 0.2) is 0 Å². The van der Waals surface area contributed by atoms with E-state index in [1.807, 2.05) is 0 Å². The Bertz CT molecular complexity index is 1190. The maximum Gasteiger partial charge on any atom is 0.220 e. The van der Waals surface area contributed by atoms with Crippen molar-refractivity contribution in [2.45, 2.75) is 51.6 Å². The van der Waals surface area contributed by atoms with Gasteiger partial charge in [-0.05, 0) is 66.5 Å². The number of nitrogens with one attached hydrogen (secondary N) is 2. The van der Waals surface area contributed by atoms with Gasteiger partial charge in [-0.1, -0.05) is 42.5 Å². The first kappa shape index (κ1) is 21.7. The van der Waals surface area contributed by atoms with Crippen molar-refractivity contribution in [1.82, 2.24) is 15.6 Å². The second-order valence-corrected chi connectivity index (χ2v) is 9.07. The molecule has 5 heteroatoms. The van der Waals surface area contributed by atoms with E-state index in [4.69, 9.17) is 9.72 Å². The largest absolute Gasteiger partial charge is 0.481 e. The fraction of sp³-hybridized carbons (Fsp3) is 0.357. The molecule has 3 aromatic rings. The van der Waals surface area contributed by atoms with Crippen LogP contribution in [0.3, 0.4) is 0 Å². The van der Waals surface area contributed by atoms with Crippen LogP contribution in [0.15, 0.2) is 48.5 Å². The van der Waals surface area contributed by atoms with Crippen LogP contribution < -0.4 is 15.4 Å². The van der Waals surface area contributed by atoms with E-state index < -0.39 is 0 Å². The number of rotatable bonds is 7. The zero-order chi connectivity index (χ0) is 22.8. The summed E-state index contributed by atoms with van der Waals surface area (Å²) in [5.41, 5.74) is 9.96. The van der Waals surface area contributed by atoms with Crippen molar-refractivity contribution >= 4 is 5.91 Å². The summed E-state index contributed by atoms with van der Waals surface area (Å²) in [4.78, 5) is 16.2. The summed E-state index contributed by atoms with van der Waals surface area (Å²) < 4.78 is 5.64. The fourth-order valence-corrected chi connectivity index (χ4v) is 5.22. The molecule has 1 saturated heterocycles. The van der Waals surface area contributed by atoms with Crippen molar-refractivity contribution in [2.75, 3.05) is 13.7 Å². The molecule has 5 nitrogen and oxygen atoms in total. The molecule has 0 unspecified atom stereocenters. The third-order valence-electron chi connectivity index (χ3n) is 6.97. The van der Waals surface area contributed by atoms with Crippen LogP contribution in [-0.2, 0) is 24.2 Å². The average Bonchev–Trinajstić information content (AvgIpc) is 3.48. The molecular formula is C28H31N3O2. The topological polar surface area (TPSA) is 63.2 Å². The Labute approximate surface area is 195 Å². The Morgan fingerprint density at radius 1 is 1.03 bits per heavy atom. The molecule has 2 aromatic carbocycles. The van der Waals surface area contributed by atoms with Gasteiger partial charge in [-0.3, -0.25) is 4.79 Å². The van der Waals surface area contributed by atoms with Crippen LogP contribution in [-0.4, -0.2) is 30.6 Å². The van der Waals surface area contributed by atoms with E-state index in [1.165, 1.54) is 40.7 Å². The number of carbonyl (C=O) groups is 1. The number of aromatic nitrogens is 1. The summed E-state index contributed by atoms with van der Waals surface area (Å²) in [5, 5.41) is 6.42. The smallest absolute Gasteiger partial charge is 0.220 e. The van der Waals surface area contributed by atoms with Gasteiger partial charge in [0.2, 0.25) is 11.8 Å². The van der Waals surface area contributed by atoms with Crippen LogP contribution in [0, 0.1) is 6.92 Å². The summed E-state index contributed by atoms with van der Waals surface area (Å²) in [5.74, 6) is 0.782. The lowest BCUT2D eigenvalue weighted by Gasteiger charge is -2.16. The summed E-state index contributed by atoms with van der Waals surface area (Å²) in [6.45, 7) is 3.59. The number of aryl methyl sites for hydroxylation is 1. The molecule has 0 radical (unpaired) electrons. The fourth-order valence-electron chi connectivity index (χ4n) is 5.22. The SMILES string of the molecule is COc1nc(-c2cccc(-c3cccc4c3CCC4)c2C)ccc1CNC[C@@H]1CCC(=O)N1. The number of pyridine rings is 1.